The fraction of sp³-hybridized carbons (Fsp3) is 0.200. The van der Waals surface area contributed by atoms with Gasteiger partial charge in [-0.15, -0.1) is 11.6 Å². The second-order valence-corrected chi connectivity index (χ2v) is 3.98. The zero-order valence-corrected chi connectivity index (χ0v) is 8.76. The first-order valence-corrected chi connectivity index (χ1v) is 4.92. The van der Waals surface area contributed by atoms with E-state index < -0.39 is 11.1 Å². The summed E-state index contributed by atoms with van der Waals surface area (Å²) >= 11 is 5.91. The molecule has 0 spiro atoms. The summed E-state index contributed by atoms with van der Waals surface area (Å²) < 4.78 is 0. The number of aromatic nitrogens is 2. The molecule has 1 aromatic carbocycles. The highest BCUT2D eigenvalue weighted by molar-refractivity contribution is 6.20. The Morgan fingerprint density at radius 3 is 2.33 bits per heavy atom. The number of halogens is 1. The van der Waals surface area contributed by atoms with Gasteiger partial charge in [0.2, 0.25) is 0 Å². The van der Waals surface area contributed by atoms with Gasteiger partial charge in [-0.3, -0.25) is 9.59 Å². The van der Waals surface area contributed by atoms with Crippen LogP contribution in [0.4, 0.5) is 0 Å². The van der Waals surface area contributed by atoms with Crippen LogP contribution in [0.1, 0.15) is 17.9 Å². The maximum Gasteiger partial charge on any atom is 0.314 e. The highest BCUT2D eigenvalue weighted by Crippen LogP contribution is 2.21. The molecule has 78 valence electrons. The number of hydrogen-bond acceptors (Lipinski definition) is 2. The molecule has 0 aliphatic rings. The van der Waals surface area contributed by atoms with Crippen molar-refractivity contribution in [1.29, 1.82) is 0 Å². The molecule has 2 N–H and O–H groups in total. The van der Waals surface area contributed by atoms with Gasteiger partial charge in [0, 0.05) is 0 Å². The Balaban J connectivity index is 2.77. The van der Waals surface area contributed by atoms with Crippen molar-refractivity contribution in [1.82, 2.24) is 9.97 Å². The molecule has 5 heteroatoms. The minimum atomic E-state index is -0.651. The minimum Gasteiger partial charge on any atom is -0.316 e. The molecule has 0 aliphatic heterocycles. The zero-order chi connectivity index (χ0) is 11.0. The van der Waals surface area contributed by atoms with Gasteiger partial charge in [-0.25, -0.2) is 0 Å². The lowest BCUT2D eigenvalue weighted by Crippen LogP contribution is -2.28. The average molecular weight is 225 g/mol. The van der Waals surface area contributed by atoms with Crippen molar-refractivity contribution in [3.8, 4) is 0 Å². The molecule has 0 fully saturated rings. The predicted octanol–water partition coefficient (Wildman–Crippen LogP) is 1.52. The standard InChI is InChI=1S/C10H9ClN2O2/c1-5(11)6-2-3-7-8(4-6)13-10(15)9(14)12-7/h2-5H,1H3,(H,12,14)(H,13,15). The van der Waals surface area contributed by atoms with E-state index >= 15 is 0 Å². The number of rotatable bonds is 1. The first kappa shape index (κ1) is 9.98. The van der Waals surface area contributed by atoms with Crippen molar-refractivity contribution >= 4 is 22.6 Å². The summed E-state index contributed by atoms with van der Waals surface area (Å²) in [4.78, 5) is 27.1. The molecule has 1 aromatic heterocycles. The molecule has 0 saturated carbocycles. The third kappa shape index (κ3) is 1.80. The van der Waals surface area contributed by atoms with Crippen LogP contribution in [0, 0.1) is 0 Å². The van der Waals surface area contributed by atoms with Gasteiger partial charge in [-0.1, -0.05) is 6.07 Å². The summed E-state index contributed by atoms with van der Waals surface area (Å²) in [7, 11) is 0. The second kappa shape index (κ2) is 3.55. The maximum atomic E-state index is 11.1. The summed E-state index contributed by atoms with van der Waals surface area (Å²) in [5, 5.41) is -0.134. The normalized spacial score (nSPS) is 12.9. The summed E-state index contributed by atoms with van der Waals surface area (Å²) in [5.41, 5.74) is 0.785. The Bertz CT molecular complexity index is 613. The molecule has 0 amide bonds. The van der Waals surface area contributed by atoms with Crippen LogP contribution in [0.2, 0.25) is 0 Å². The Hall–Kier alpha value is -1.55. The highest BCUT2D eigenvalue weighted by Gasteiger charge is 2.04. The number of alkyl halides is 1. The fourth-order valence-electron chi connectivity index (χ4n) is 1.38. The second-order valence-electron chi connectivity index (χ2n) is 3.33. The quantitative estimate of drug-likeness (QED) is 0.570. The summed E-state index contributed by atoms with van der Waals surface area (Å²) in [6.07, 6.45) is 0. The van der Waals surface area contributed by atoms with Gasteiger partial charge in [-0.05, 0) is 24.6 Å². The van der Waals surface area contributed by atoms with Gasteiger partial charge in [0.1, 0.15) is 0 Å². The number of hydrogen-bond donors (Lipinski definition) is 2. The van der Waals surface area contributed by atoms with Crippen LogP contribution in [-0.2, 0) is 0 Å². The molecule has 1 unspecified atom stereocenters. The fourth-order valence-corrected chi connectivity index (χ4v) is 1.52. The monoisotopic (exact) mass is 224 g/mol. The highest BCUT2D eigenvalue weighted by atomic mass is 35.5. The molecular weight excluding hydrogens is 216 g/mol. The topological polar surface area (TPSA) is 65.7 Å². The summed E-state index contributed by atoms with van der Waals surface area (Å²) in [6.45, 7) is 1.84. The van der Waals surface area contributed by atoms with Gasteiger partial charge < -0.3 is 9.97 Å². The van der Waals surface area contributed by atoms with Gasteiger partial charge >= 0.3 is 11.1 Å². The van der Waals surface area contributed by atoms with E-state index in [2.05, 4.69) is 9.97 Å². The number of benzene rings is 1. The average Bonchev–Trinajstić information content (AvgIpc) is 2.19. The van der Waals surface area contributed by atoms with E-state index in [0.717, 1.165) is 5.56 Å². The number of nitrogens with one attached hydrogen (secondary N) is 2. The van der Waals surface area contributed by atoms with E-state index in [9.17, 15) is 9.59 Å². The molecule has 0 saturated heterocycles. The van der Waals surface area contributed by atoms with Crippen molar-refractivity contribution in [3.63, 3.8) is 0 Å². The smallest absolute Gasteiger partial charge is 0.314 e. The van der Waals surface area contributed by atoms with Gasteiger partial charge in [0.15, 0.2) is 0 Å². The number of aromatic amines is 2. The van der Waals surface area contributed by atoms with Gasteiger partial charge in [0.05, 0.1) is 16.4 Å². The summed E-state index contributed by atoms with van der Waals surface area (Å²) in [6, 6.07) is 5.29. The number of H-pyrrole nitrogens is 2. The van der Waals surface area contributed by atoms with E-state index in [0.29, 0.717) is 11.0 Å². The number of fused-ring (bicyclic) bond motifs is 1. The minimum absolute atomic E-state index is 0.134. The Morgan fingerprint density at radius 1 is 1.13 bits per heavy atom. The first-order chi connectivity index (χ1) is 7.08. The first-order valence-electron chi connectivity index (χ1n) is 4.48. The van der Waals surface area contributed by atoms with E-state index in [1.807, 2.05) is 13.0 Å². The Kier molecular flexibility index (Phi) is 2.36. The largest absolute Gasteiger partial charge is 0.316 e. The Morgan fingerprint density at radius 2 is 1.73 bits per heavy atom. The van der Waals surface area contributed by atoms with Crippen molar-refractivity contribution in [2.75, 3.05) is 0 Å². The molecule has 1 heterocycles. The lowest BCUT2D eigenvalue weighted by Gasteiger charge is -2.04. The van der Waals surface area contributed by atoms with Crippen molar-refractivity contribution in [2.45, 2.75) is 12.3 Å². The third-order valence-corrected chi connectivity index (χ3v) is 2.46. The van der Waals surface area contributed by atoms with Crippen LogP contribution < -0.4 is 11.1 Å². The van der Waals surface area contributed by atoms with E-state index in [1.165, 1.54) is 0 Å². The van der Waals surface area contributed by atoms with E-state index in [1.54, 1.807) is 12.1 Å². The zero-order valence-electron chi connectivity index (χ0n) is 8.00. The van der Waals surface area contributed by atoms with E-state index in [4.69, 9.17) is 11.6 Å². The molecule has 2 rings (SSSR count). The lowest BCUT2D eigenvalue weighted by atomic mass is 10.1. The van der Waals surface area contributed by atoms with Crippen LogP contribution in [0.15, 0.2) is 27.8 Å². The Labute approximate surface area is 89.9 Å². The van der Waals surface area contributed by atoms with Gasteiger partial charge in [-0.2, -0.15) is 0 Å². The van der Waals surface area contributed by atoms with Crippen LogP contribution in [0.3, 0.4) is 0 Å². The SMILES string of the molecule is CC(Cl)c1ccc2[nH]c(=O)c(=O)[nH]c2c1. The predicted molar refractivity (Wildman–Crippen MR) is 59.5 cm³/mol. The molecule has 2 aromatic rings. The molecule has 4 nitrogen and oxygen atoms in total. The van der Waals surface area contributed by atoms with Crippen molar-refractivity contribution < 1.29 is 0 Å². The van der Waals surface area contributed by atoms with Crippen LogP contribution in [0.5, 0.6) is 0 Å². The van der Waals surface area contributed by atoms with Crippen molar-refractivity contribution in [2.24, 2.45) is 0 Å². The third-order valence-electron chi connectivity index (χ3n) is 2.21. The lowest BCUT2D eigenvalue weighted by molar-refractivity contribution is 1.08. The van der Waals surface area contributed by atoms with E-state index in [-0.39, 0.29) is 5.38 Å². The van der Waals surface area contributed by atoms with Crippen LogP contribution >= 0.6 is 11.6 Å². The summed E-state index contributed by atoms with van der Waals surface area (Å²) in [5.74, 6) is 0. The molecule has 0 radical (unpaired) electrons. The van der Waals surface area contributed by atoms with Crippen molar-refractivity contribution in [3.05, 3.63) is 44.5 Å². The van der Waals surface area contributed by atoms with Crippen LogP contribution in [0.25, 0.3) is 11.0 Å². The molecule has 0 aliphatic carbocycles. The molecular formula is C10H9ClN2O2. The molecule has 0 bridgehead atoms. The van der Waals surface area contributed by atoms with Gasteiger partial charge in [0.25, 0.3) is 0 Å². The maximum absolute atomic E-state index is 11.1. The molecule has 15 heavy (non-hydrogen) atoms. The molecule has 1 atom stereocenters. The van der Waals surface area contributed by atoms with Crippen LogP contribution in [-0.4, -0.2) is 9.97 Å².